The van der Waals surface area contributed by atoms with Crippen molar-refractivity contribution in [1.29, 1.82) is 0 Å². The van der Waals surface area contributed by atoms with Gasteiger partial charge in [-0.2, -0.15) is 0 Å². The number of ether oxygens (including phenoxy) is 1. The summed E-state index contributed by atoms with van der Waals surface area (Å²) < 4.78 is 5.21. The number of hydrogen-bond donors (Lipinski definition) is 1. The van der Waals surface area contributed by atoms with E-state index in [2.05, 4.69) is 5.32 Å². The zero-order valence-electron chi connectivity index (χ0n) is 14.3. The van der Waals surface area contributed by atoms with Gasteiger partial charge >= 0.3 is 5.97 Å². The third kappa shape index (κ3) is 2.22. The van der Waals surface area contributed by atoms with Gasteiger partial charge in [0.2, 0.25) is 11.8 Å². The summed E-state index contributed by atoms with van der Waals surface area (Å²) in [4.78, 5) is 40.5. The van der Waals surface area contributed by atoms with Crippen molar-refractivity contribution in [1.82, 2.24) is 10.2 Å². The molecule has 130 valence electrons. The Morgan fingerprint density at radius 1 is 1.38 bits per heavy atom. The Hall–Kier alpha value is -1.73. The van der Waals surface area contributed by atoms with Crippen molar-refractivity contribution < 1.29 is 19.1 Å². The molecule has 24 heavy (non-hydrogen) atoms. The Bertz CT molecular complexity index is 701. The van der Waals surface area contributed by atoms with Crippen molar-refractivity contribution in [2.75, 3.05) is 13.2 Å². The molecule has 4 atom stereocenters. The second-order valence-electron chi connectivity index (χ2n) is 6.44. The van der Waals surface area contributed by atoms with Crippen LogP contribution >= 0.6 is 11.3 Å². The van der Waals surface area contributed by atoms with E-state index in [1.165, 1.54) is 16.2 Å². The Balaban J connectivity index is 2.09. The van der Waals surface area contributed by atoms with Crippen LogP contribution in [0.15, 0.2) is 11.4 Å². The van der Waals surface area contributed by atoms with E-state index < -0.39 is 23.3 Å². The number of thiophene rings is 1. The number of rotatable bonds is 4. The molecule has 0 spiro atoms. The summed E-state index contributed by atoms with van der Waals surface area (Å²) in [6.45, 7) is 7.71. The third-order valence-corrected chi connectivity index (χ3v) is 6.18. The first-order valence-corrected chi connectivity index (χ1v) is 9.08. The minimum Gasteiger partial charge on any atom is -0.465 e. The number of nitrogens with zero attached hydrogens (tertiary/aromatic N) is 1. The maximum Gasteiger partial charge on any atom is 0.326 e. The quantitative estimate of drug-likeness (QED) is 0.660. The van der Waals surface area contributed by atoms with Gasteiger partial charge < -0.3 is 4.74 Å². The summed E-state index contributed by atoms with van der Waals surface area (Å²) in [5.74, 6) is -2.26. The number of amides is 2. The van der Waals surface area contributed by atoms with Crippen LogP contribution in [0.5, 0.6) is 0 Å². The lowest BCUT2D eigenvalue weighted by Crippen LogP contribution is -2.54. The fourth-order valence-corrected chi connectivity index (χ4v) is 4.93. The van der Waals surface area contributed by atoms with Gasteiger partial charge in [0.1, 0.15) is 5.54 Å². The number of carbonyl (C=O) groups excluding carboxylic acids is 3. The van der Waals surface area contributed by atoms with Crippen molar-refractivity contribution in [3.63, 3.8) is 0 Å². The van der Waals surface area contributed by atoms with E-state index >= 15 is 0 Å². The van der Waals surface area contributed by atoms with Gasteiger partial charge in [0.15, 0.2) is 0 Å². The molecular weight excluding hydrogens is 328 g/mol. The van der Waals surface area contributed by atoms with E-state index in [0.29, 0.717) is 6.54 Å². The van der Waals surface area contributed by atoms with E-state index in [-0.39, 0.29) is 24.5 Å². The number of aryl methyl sites for hydroxylation is 1. The van der Waals surface area contributed by atoms with Gasteiger partial charge in [-0.3, -0.25) is 24.6 Å². The molecule has 0 unspecified atom stereocenters. The Morgan fingerprint density at radius 2 is 2.08 bits per heavy atom. The highest BCUT2D eigenvalue weighted by atomic mass is 32.1. The van der Waals surface area contributed by atoms with Crippen LogP contribution in [-0.4, -0.2) is 41.4 Å². The normalized spacial score (nSPS) is 32.3. The Labute approximate surface area is 145 Å². The largest absolute Gasteiger partial charge is 0.465 e. The Morgan fingerprint density at radius 3 is 2.62 bits per heavy atom. The maximum absolute atomic E-state index is 12.8. The van der Waals surface area contributed by atoms with E-state index in [4.69, 9.17) is 4.74 Å². The van der Waals surface area contributed by atoms with Crippen LogP contribution < -0.4 is 5.32 Å². The molecule has 2 aliphatic heterocycles. The molecule has 0 radical (unpaired) electrons. The summed E-state index contributed by atoms with van der Waals surface area (Å²) in [5, 5.41) is 5.23. The molecule has 7 heteroatoms. The van der Waals surface area contributed by atoms with Crippen molar-refractivity contribution in [2.45, 2.75) is 39.3 Å². The molecule has 2 saturated heterocycles. The first-order valence-electron chi connectivity index (χ1n) is 8.20. The molecule has 0 saturated carbocycles. The molecule has 6 nitrogen and oxygen atoms in total. The minimum atomic E-state index is -1.20. The van der Waals surface area contributed by atoms with Crippen molar-refractivity contribution in [2.24, 2.45) is 11.8 Å². The summed E-state index contributed by atoms with van der Waals surface area (Å²) in [7, 11) is 0. The Kier molecular flexibility index (Phi) is 4.25. The summed E-state index contributed by atoms with van der Waals surface area (Å²) in [6, 6.07) is 1.63. The molecule has 1 aromatic heterocycles. The minimum absolute atomic E-state index is 0.203. The van der Waals surface area contributed by atoms with Gasteiger partial charge in [-0.15, -0.1) is 11.3 Å². The molecule has 1 aromatic rings. The van der Waals surface area contributed by atoms with Gasteiger partial charge in [0, 0.05) is 11.4 Å². The van der Waals surface area contributed by atoms with E-state index in [1.807, 2.05) is 18.4 Å². The molecule has 3 rings (SSSR count). The number of carbonyl (C=O) groups is 3. The van der Waals surface area contributed by atoms with Crippen molar-refractivity contribution in [3.8, 4) is 0 Å². The van der Waals surface area contributed by atoms with Gasteiger partial charge in [-0.05, 0) is 44.7 Å². The molecule has 0 aliphatic carbocycles. The molecule has 2 fully saturated rings. The van der Waals surface area contributed by atoms with E-state index in [1.54, 1.807) is 20.8 Å². The summed E-state index contributed by atoms with van der Waals surface area (Å²) in [5.41, 5.74) is -0.141. The van der Waals surface area contributed by atoms with E-state index in [9.17, 15) is 14.4 Å². The average Bonchev–Trinajstić information content (AvgIpc) is 3.16. The third-order valence-electron chi connectivity index (χ3n) is 5.08. The van der Waals surface area contributed by atoms with Gasteiger partial charge in [0.25, 0.3) is 0 Å². The van der Waals surface area contributed by atoms with Crippen LogP contribution in [0.2, 0.25) is 0 Å². The number of hydrogen-bond acceptors (Lipinski definition) is 6. The number of esters is 1. The van der Waals surface area contributed by atoms with Crippen LogP contribution in [-0.2, 0) is 19.1 Å². The fourth-order valence-electron chi connectivity index (χ4n) is 3.91. The lowest BCUT2D eigenvalue weighted by atomic mass is 9.81. The molecular formula is C17H22N2O4S. The SMILES string of the molecule is CCOC(=O)[C@]1(C)N[C@H](c2sccc2C)[C@@H]2C(=O)N(CC)C(=O)[C@H]21. The van der Waals surface area contributed by atoms with Gasteiger partial charge in [-0.1, -0.05) is 0 Å². The van der Waals surface area contributed by atoms with Crippen molar-refractivity contribution in [3.05, 3.63) is 21.9 Å². The highest BCUT2D eigenvalue weighted by molar-refractivity contribution is 7.10. The number of fused-ring (bicyclic) bond motifs is 1. The van der Waals surface area contributed by atoms with Crippen LogP contribution in [0.4, 0.5) is 0 Å². The second-order valence-corrected chi connectivity index (χ2v) is 7.38. The maximum atomic E-state index is 12.8. The molecule has 1 N–H and O–H groups in total. The molecule has 3 heterocycles. The molecule has 0 bridgehead atoms. The zero-order valence-corrected chi connectivity index (χ0v) is 15.1. The molecule has 0 aromatic carbocycles. The number of likely N-dealkylation sites (tertiary alicyclic amines) is 1. The second kappa shape index (κ2) is 5.97. The number of nitrogens with one attached hydrogen (secondary N) is 1. The fraction of sp³-hybridized carbons (Fsp3) is 0.588. The first-order chi connectivity index (χ1) is 11.4. The zero-order chi connectivity index (χ0) is 17.6. The van der Waals surface area contributed by atoms with E-state index in [0.717, 1.165) is 10.4 Å². The highest BCUT2D eigenvalue weighted by Crippen LogP contribution is 2.50. The average molecular weight is 350 g/mol. The topological polar surface area (TPSA) is 75.7 Å². The lowest BCUT2D eigenvalue weighted by Gasteiger charge is -2.28. The van der Waals surface area contributed by atoms with Gasteiger partial charge in [-0.25, -0.2) is 0 Å². The first kappa shape index (κ1) is 17.1. The summed E-state index contributed by atoms with van der Waals surface area (Å²) in [6.07, 6.45) is 0. The van der Waals surface area contributed by atoms with Crippen LogP contribution in [0.3, 0.4) is 0 Å². The standard InChI is InChI=1S/C17H22N2O4S/c1-5-19-14(20)10-11(15(19)21)17(4,16(22)23-6-2)18-12(10)13-9(3)7-8-24-13/h7-8,10-12,18H,5-6H2,1-4H3/t10-,11+,12+,17-/m1/s1. The number of imide groups is 1. The monoisotopic (exact) mass is 350 g/mol. The van der Waals surface area contributed by atoms with Crippen LogP contribution in [0.1, 0.15) is 37.3 Å². The smallest absolute Gasteiger partial charge is 0.326 e. The molecule has 2 amide bonds. The lowest BCUT2D eigenvalue weighted by molar-refractivity contribution is -0.155. The van der Waals surface area contributed by atoms with Crippen molar-refractivity contribution >= 4 is 29.1 Å². The van der Waals surface area contributed by atoms with Crippen LogP contribution in [0, 0.1) is 18.8 Å². The van der Waals surface area contributed by atoms with Gasteiger partial charge in [0.05, 0.1) is 24.5 Å². The molecule has 2 aliphatic rings. The van der Waals surface area contributed by atoms with Crippen LogP contribution in [0.25, 0.3) is 0 Å². The predicted octanol–water partition coefficient (Wildman–Crippen LogP) is 1.64. The predicted molar refractivity (Wildman–Crippen MR) is 89.3 cm³/mol. The highest BCUT2D eigenvalue weighted by Gasteiger charge is 2.67. The summed E-state index contributed by atoms with van der Waals surface area (Å²) >= 11 is 1.54.